The van der Waals surface area contributed by atoms with E-state index in [4.69, 9.17) is 37.3 Å². The first-order chi connectivity index (χ1) is 36.4. The van der Waals surface area contributed by atoms with Crippen molar-refractivity contribution in [3.05, 3.63) is 169 Å². The summed E-state index contributed by atoms with van der Waals surface area (Å²) in [6.07, 6.45) is -0.903. The summed E-state index contributed by atoms with van der Waals surface area (Å²) in [4.78, 5) is 8.22. The monoisotopic (exact) mass is 684 g/mol. The Morgan fingerprint density at radius 2 is 1.06 bits per heavy atom. The number of fused-ring (bicyclic) bond motifs is 6. The number of hydrogen-bond acceptors (Lipinski definition) is 4. The third kappa shape index (κ3) is 4.80. The third-order valence-corrected chi connectivity index (χ3v) is 8.64. The minimum Gasteiger partial charge on any atom is -0.452 e. The van der Waals surface area contributed by atoms with E-state index in [0.717, 1.165) is 0 Å². The highest BCUT2D eigenvalue weighted by Crippen LogP contribution is 2.41. The summed E-state index contributed by atoms with van der Waals surface area (Å²) in [6, 6.07) is -22.9. The summed E-state index contributed by atoms with van der Waals surface area (Å²) < 4.78 is 253. The van der Waals surface area contributed by atoms with Crippen LogP contribution in [-0.4, -0.2) is 9.97 Å². The summed E-state index contributed by atoms with van der Waals surface area (Å²) in [5.41, 5.74) is -8.71. The standard InChI is InChI=1S/C46H28N2OS/c1-2-9-29(10-3-1)30-19-21-31(22-20-30)32-11-6-12-33(25-32)34-23-24-41-40(27-34)44-45(49-41)43(47-28-48-44)36-14-7-13-35(26-36)37-16-8-17-39-38-15-4-5-18-42(38)50-46(37)39/h1-28H/i1D,2D,3D,4D,5D,6D,7D,8D,9D,10D,11D,12D,13D,14D,15D,16D,17D,18D,19D,20D,21D,22D,23D,24D,25D,26D,27D,28D. The Hall–Kier alpha value is -6.36. The highest BCUT2D eigenvalue weighted by atomic mass is 32.1. The zero-order valence-corrected chi connectivity index (χ0v) is 25.5. The third-order valence-electron chi connectivity index (χ3n) is 7.52. The molecule has 3 nitrogen and oxygen atoms in total. The molecule has 0 saturated heterocycles. The van der Waals surface area contributed by atoms with Crippen LogP contribution >= 0.6 is 11.3 Å². The van der Waals surface area contributed by atoms with Crippen molar-refractivity contribution in [2.75, 3.05) is 0 Å². The van der Waals surface area contributed by atoms with Gasteiger partial charge in [-0.25, -0.2) is 9.97 Å². The fourth-order valence-electron chi connectivity index (χ4n) is 5.26. The normalized spacial score (nSPS) is 19.4. The van der Waals surface area contributed by atoms with Crippen LogP contribution in [0.5, 0.6) is 0 Å². The fraction of sp³-hybridized carbons (Fsp3) is 0. The number of nitrogens with zero attached hydrogens (tertiary/aromatic N) is 2. The molecular weight excluding hydrogens is 629 g/mol. The zero-order chi connectivity index (χ0) is 57.4. The van der Waals surface area contributed by atoms with Crippen molar-refractivity contribution in [2.45, 2.75) is 0 Å². The molecule has 3 aromatic heterocycles. The van der Waals surface area contributed by atoms with E-state index in [2.05, 4.69) is 9.97 Å². The molecule has 0 radical (unpaired) electrons. The first kappa shape index (κ1) is 12.2. The lowest BCUT2D eigenvalue weighted by molar-refractivity contribution is 0.667. The van der Waals surface area contributed by atoms with E-state index >= 15 is 0 Å². The van der Waals surface area contributed by atoms with Crippen LogP contribution < -0.4 is 0 Å². The average molecular weight is 685 g/mol. The van der Waals surface area contributed by atoms with E-state index in [-0.39, 0.29) is 20.2 Å². The summed E-state index contributed by atoms with van der Waals surface area (Å²) in [5, 5.41) is -0.911. The molecule has 0 atom stereocenters. The molecule has 3 heterocycles. The van der Waals surface area contributed by atoms with Crippen LogP contribution in [0.4, 0.5) is 0 Å². The van der Waals surface area contributed by atoms with Crippen LogP contribution in [0.25, 0.3) is 98.0 Å². The molecule has 0 spiro atoms. The van der Waals surface area contributed by atoms with Gasteiger partial charge >= 0.3 is 0 Å². The van der Waals surface area contributed by atoms with Crippen molar-refractivity contribution in [3.8, 4) is 55.8 Å². The Kier molecular flexibility index (Phi) is 2.84. The van der Waals surface area contributed by atoms with Crippen molar-refractivity contribution in [2.24, 2.45) is 0 Å². The molecular formula is C46H28N2OS. The van der Waals surface area contributed by atoms with Crippen LogP contribution in [0, 0.1) is 0 Å². The molecule has 0 bridgehead atoms. The van der Waals surface area contributed by atoms with E-state index < -0.39 is 247 Å². The highest BCUT2D eigenvalue weighted by Gasteiger charge is 2.17. The maximum atomic E-state index is 9.58. The molecule has 0 saturated carbocycles. The van der Waals surface area contributed by atoms with E-state index in [1.54, 1.807) is 0 Å². The molecule has 50 heavy (non-hydrogen) atoms. The van der Waals surface area contributed by atoms with E-state index in [1.807, 2.05) is 0 Å². The van der Waals surface area contributed by atoms with Gasteiger partial charge in [-0.3, -0.25) is 0 Å². The average Bonchev–Trinajstić information content (AvgIpc) is 4.20. The van der Waals surface area contributed by atoms with Crippen molar-refractivity contribution < 1.29 is 42.8 Å². The molecule has 0 aliphatic heterocycles. The molecule has 0 N–H and O–H groups in total. The topological polar surface area (TPSA) is 38.9 Å². The number of rotatable bonds is 5. The predicted molar refractivity (Wildman–Crippen MR) is 209 cm³/mol. The van der Waals surface area contributed by atoms with Gasteiger partial charge in [0.15, 0.2) is 5.58 Å². The van der Waals surface area contributed by atoms with Gasteiger partial charge in [0.1, 0.15) is 24.5 Å². The second-order valence-electron chi connectivity index (χ2n) is 10.4. The highest BCUT2D eigenvalue weighted by molar-refractivity contribution is 7.26. The molecule has 10 rings (SSSR count). The van der Waals surface area contributed by atoms with Crippen LogP contribution in [0.15, 0.2) is 174 Å². The van der Waals surface area contributed by atoms with Gasteiger partial charge in [0.05, 0.1) is 37.0 Å². The zero-order valence-electron chi connectivity index (χ0n) is 52.7. The number of thiophene rings is 1. The SMILES string of the molecule is [2H]c1nc(-c2c([2H])c([2H])c([2H])c(-c3c([2H])c([2H])c([2H])c4c3sc3c([2H])c([2H])c([2H])c([2H])c34)c2[2H])c2oc3c([2H])c([2H])c(-c4c([2H])c([2H])c([2H])c(-c5c([2H])c([2H])c(-c6c([2H])c([2H])c([2H])c([2H])c6[2H])c([2H])c5[2H])c4[2H])c([2H])c3c2n1. The van der Waals surface area contributed by atoms with Crippen LogP contribution in [0.3, 0.4) is 0 Å². The molecule has 0 fully saturated rings. The first-order valence-corrected chi connectivity index (χ1v) is 15.3. The van der Waals surface area contributed by atoms with Crippen molar-refractivity contribution in [1.29, 1.82) is 0 Å². The Bertz CT molecular complexity index is 4430. The molecule has 0 unspecified atom stereocenters. The predicted octanol–water partition coefficient (Wildman–Crippen LogP) is 13.1. The van der Waals surface area contributed by atoms with Gasteiger partial charge in [-0.1, -0.05) is 133 Å². The van der Waals surface area contributed by atoms with Crippen LogP contribution in [0.2, 0.25) is 0 Å². The lowest BCUT2D eigenvalue weighted by Crippen LogP contribution is -1.88. The van der Waals surface area contributed by atoms with Gasteiger partial charge in [-0.15, -0.1) is 11.3 Å². The van der Waals surface area contributed by atoms with Gasteiger partial charge in [0, 0.05) is 31.1 Å². The van der Waals surface area contributed by atoms with E-state index in [1.165, 1.54) is 0 Å². The number of benzene rings is 7. The molecule has 7 aromatic carbocycles. The molecule has 0 aliphatic rings. The van der Waals surface area contributed by atoms with Gasteiger partial charge < -0.3 is 4.42 Å². The summed E-state index contributed by atoms with van der Waals surface area (Å²) in [6.45, 7) is 0. The summed E-state index contributed by atoms with van der Waals surface area (Å²) in [7, 11) is 0. The van der Waals surface area contributed by atoms with E-state index in [9.17, 15) is 5.48 Å². The molecule has 10 aromatic rings. The second-order valence-corrected chi connectivity index (χ2v) is 11.4. The Labute approximate surface area is 332 Å². The minimum atomic E-state index is -1.02. The molecule has 4 heteroatoms. The first-order valence-electron chi connectivity index (χ1n) is 28.5. The number of hydrogen-bond donors (Lipinski definition) is 0. The smallest absolute Gasteiger partial charge is 0.180 e. The van der Waals surface area contributed by atoms with Crippen LogP contribution in [0.1, 0.15) is 38.4 Å². The van der Waals surface area contributed by atoms with Crippen molar-refractivity contribution in [3.63, 3.8) is 0 Å². The largest absolute Gasteiger partial charge is 0.452 e. The molecule has 234 valence electrons. The number of aromatic nitrogens is 2. The fourth-order valence-corrected chi connectivity index (χ4v) is 6.33. The van der Waals surface area contributed by atoms with E-state index in [0.29, 0.717) is 11.3 Å². The van der Waals surface area contributed by atoms with Gasteiger partial charge in [-0.05, 0) is 74.7 Å². The van der Waals surface area contributed by atoms with Crippen molar-refractivity contribution in [1.82, 2.24) is 9.97 Å². The maximum absolute atomic E-state index is 9.58. The Morgan fingerprint density at radius 3 is 1.92 bits per heavy atom. The quantitative estimate of drug-likeness (QED) is 0.181. The van der Waals surface area contributed by atoms with Gasteiger partial charge in [0.25, 0.3) is 0 Å². The van der Waals surface area contributed by atoms with Gasteiger partial charge in [-0.2, -0.15) is 0 Å². The lowest BCUT2D eigenvalue weighted by atomic mass is 9.96. The van der Waals surface area contributed by atoms with Crippen molar-refractivity contribution >= 4 is 53.6 Å². The maximum Gasteiger partial charge on any atom is 0.180 e. The van der Waals surface area contributed by atoms with Crippen LogP contribution in [-0.2, 0) is 0 Å². The molecule has 0 aliphatic carbocycles. The second kappa shape index (κ2) is 11.7. The van der Waals surface area contributed by atoms with Gasteiger partial charge in [0.2, 0.25) is 0 Å². The minimum absolute atomic E-state index is 0.0855. The lowest BCUT2D eigenvalue weighted by Gasteiger charge is -2.08. The summed E-state index contributed by atoms with van der Waals surface area (Å²) >= 11 is 0.676. The summed E-state index contributed by atoms with van der Waals surface area (Å²) in [5.74, 6) is 0. The molecule has 0 amide bonds. The number of furan rings is 1. The Morgan fingerprint density at radius 1 is 0.460 bits per heavy atom. The Balaban J connectivity index is 1.24.